The fourth-order valence-electron chi connectivity index (χ4n) is 3.62. The monoisotopic (exact) mass is 393 g/mol. The lowest BCUT2D eigenvalue weighted by atomic mass is 10.1. The molecule has 1 amide bonds. The van der Waals surface area contributed by atoms with Gasteiger partial charge in [-0.2, -0.15) is 5.10 Å². The predicted molar refractivity (Wildman–Crippen MR) is 103 cm³/mol. The number of aryl methyl sites for hydroxylation is 2. The molecule has 3 rings (SSSR count). The predicted octanol–water partition coefficient (Wildman–Crippen LogP) is 1.69. The minimum absolute atomic E-state index is 0.00209. The number of hydrogen-bond donors (Lipinski definition) is 1. The highest BCUT2D eigenvalue weighted by Crippen LogP contribution is 2.28. The summed E-state index contributed by atoms with van der Waals surface area (Å²) in [5.74, 6) is 0.634. The van der Waals surface area contributed by atoms with Crippen LogP contribution in [0.3, 0.4) is 0 Å². The van der Waals surface area contributed by atoms with Crippen molar-refractivity contribution in [1.82, 2.24) is 24.6 Å². The number of nitrogens with zero attached hydrogens (tertiary/aromatic N) is 4. The minimum Gasteiger partial charge on any atom is -0.346 e. The molecule has 3 heterocycles. The van der Waals surface area contributed by atoms with Crippen molar-refractivity contribution in [2.45, 2.75) is 58.7 Å². The van der Waals surface area contributed by atoms with Crippen LogP contribution in [0, 0.1) is 6.92 Å². The van der Waals surface area contributed by atoms with E-state index in [0.29, 0.717) is 11.3 Å². The molecule has 0 unspecified atom stereocenters. The molecule has 1 aliphatic heterocycles. The molecule has 1 N–H and O–H groups in total. The van der Waals surface area contributed by atoms with Crippen LogP contribution in [0.5, 0.6) is 0 Å². The molecule has 2 atom stereocenters. The fraction of sp³-hybridized carbons (Fsp3) is 0.611. The molecule has 1 fully saturated rings. The molecule has 2 aromatic rings. The second-order valence-corrected chi connectivity index (χ2v) is 9.62. The Morgan fingerprint density at radius 3 is 2.78 bits per heavy atom. The summed E-state index contributed by atoms with van der Waals surface area (Å²) >= 11 is 0. The number of nitrogens with one attached hydrogen (secondary N) is 1. The fourth-order valence-corrected chi connectivity index (χ4v) is 5.53. The maximum Gasteiger partial charge on any atom is 0.255 e. The van der Waals surface area contributed by atoms with Crippen molar-refractivity contribution in [3.63, 3.8) is 0 Å². The first-order chi connectivity index (χ1) is 12.7. The van der Waals surface area contributed by atoms with Gasteiger partial charge in [0.15, 0.2) is 9.84 Å². The molecule has 0 spiro atoms. The van der Waals surface area contributed by atoms with E-state index in [1.807, 2.05) is 25.3 Å². The summed E-state index contributed by atoms with van der Waals surface area (Å²) in [6.07, 6.45) is 6.12. The van der Waals surface area contributed by atoms with Gasteiger partial charge in [-0.1, -0.05) is 20.8 Å². The molecular formula is C18H27N5O3S. The van der Waals surface area contributed by atoms with Gasteiger partial charge in [0.2, 0.25) is 0 Å². The van der Waals surface area contributed by atoms with Crippen LogP contribution >= 0.6 is 0 Å². The van der Waals surface area contributed by atoms with Crippen LogP contribution in [-0.4, -0.2) is 51.2 Å². The van der Waals surface area contributed by atoms with Gasteiger partial charge in [-0.15, -0.1) is 0 Å². The van der Waals surface area contributed by atoms with E-state index < -0.39 is 15.9 Å². The van der Waals surface area contributed by atoms with E-state index in [1.54, 1.807) is 30.2 Å². The van der Waals surface area contributed by atoms with Gasteiger partial charge in [0, 0.05) is 31.1 Å². The van der Waals surface area contributed by atoms with Gasteiger partial charge in [0.1, 0.15) is 5.82 Å². The molecule has 2 aromatic heterocycles. The number of amides is 1. The molecule has 0 aliphatic carbocycles. The largest absolute Gasteiger partial charge is 0.346 e. The van der Waals surface area contributed by atoms with Gasteiger partial charge in [-0.05, 0) is 13.3 Å². The van der Waals surface area contributed by atoms with E-state index >= 15 is 0 Å². The van der Waals surface area contributed by atoms with Gasteiger partial charge in [0.05, 0.1) is 34.8 Å². The zero-order valence-corrected chi connectivity index (χ0v) is 17.0. The van der Waals surface area contributed by atoms with E-state index in [0.717, 1.165) is 18.8 Å². The van der Waals surface area contributed by atoms with Crippen LogP contribution in [-0.2, 0) is 16.4 Å². The first kappa shape index (κ1) is 19.6. The summed E-state index contributed by atoms with van der Waals surface area (Å²) in [5.41, 5.74) is 1.13. The van der Waals surface area contributed by atoms with Crippen LogP contribution in [0.2, 0.25) is 0 Å². The van der Waals surface area contributed by atoms with Crippen LogP contribution in [0.1, 0.15) is 61.0 Å². The zero-order chi connectivity index (χ0) is 19.8. The Balaban J connectivity index is 1.85. The van der Waals surface area contributed by atoms with E-state index in [9.17, 15) is 13.2 Å². The highest BCUT2D eigenvalue weighted by Gasteiger charge is 2.40. The van der Waals surface area contributed by atoms with Gasteiger partial charge in [0.25, 0.3) is 5.91 Å². The van der Waals surface area contributed by atoms with Crippen molar-refractivity contribution >= 4 is 15.7 Å². The van der Waals surface area contributed by atoms with Gasteiger partial charge in [-0.25, -0.2) is 13.4 Å². The first-order valence-corrected chi connectivity index (χ1v) is 11.1. The lowest BCUT2D eigenvalue weighted by molar-refractivity contribution is 0.0932. The SMILES string of the molecule is CCCn1cc(C(=O)N[C@H]2CS(=O)(=O)C[C@H]2n2ccnc2C(C)C)c(C)n1. The number of rotatable bonds is 6. The van der Waals surface area contributed by atoms with Crippen molar-refractivity contribution in [2.24, 2.45) is 0 Å². The molecule has 0 bridgehead atoms. The Hall–Kier alpha value is -2.16. The third kappa shape index (κ3) is 4.07. The van der Waals surface area contributed by atoms with E-state index in [-0.39, 0.29) is 29.4 Å². The minimum atomic E-state index is -3.24. The zero-order valence-electron chi connectivity index (χ0n) is 16.2. The van der Waals surface area contributed by atoms with E-state index in [2.05, 4.69) is 15.4 Å². The van der Waals surface area contributed by atoms with Crippen molar-refractivity contribution in [3.05, 3.63) is 35.7 Å². The van der Waals surface area contributed by atoms with Crippen LogP contribution in [0.15, 0.2) is 18.6 Å². The highest BCUT2D eigenvalue weighted by atomic mass is 32.2. The maximum absolute atomic E-state index is 12.8. The van der Waals surface area contributed by atoms with E-state index in [1.165, 1.54) is 0 Å². The van der Waals surface area contributed by atoms with Crippen molar-refractivity contribution < 1.29 is 13.2 Å². The molecule has 1 aliphatic rings. The average molecular weight is 394 g/mol. The van der Waals surface area contributed by atoms with Crippen LogP contribution < -0.4 is 5.32 Å². The highest BCUT2D eigenvalue weighted by molar-refractivity contribution is 7.91. The molecule has 148 valence electrons. The molecule has 0 radical (unpaired) electrons. The lowest BCUT2D eigenvalue weighted by Gasteiger charge is -2.23. The number of hydrogen-bond acceptors (Lipinski definition) is 5. The lowest BCUT2D eigenvalue weighted by Crippen LogP contribution is -2.41. The van der Waals surface area contributed by atoms with E-state index in [4.69, 9.17) is 0 Å². The molecule has 1 saturated heterocycles. The van der Waals surface area contributed by atoms with Crippen molar-refractivity contribution in [1.29, 1.82) is 0 Å². The Labute approximate surface area is 159 Å². The molecular weight excluding hydrogens is 366 g/mol. The molecule has 8 nitrogen and oxygen atoms in total. The Kier molecular flexibility index (Phi) is 5.41. The third-order valence-corrected chi connectivity index (χ3v) is 6.57. The topological polar surface area (TPSA) is 98.9 Å². The molecule has 0 aromatic carbocycles. The van der Waals surface area contributed by atoms with Gasteiger partial charge < -0.3 is 9.88 Å². The normalized spacial score (nSPS) is 21.7. The smallest absolute Gasteiger partial charge is 0.255 e. The molecule has 0 saturated carbocycles. The number of imidazole rings is 1. The van der Waals surface area contributed by atoms with Crippen LogP contribution in [0.25, 0.3) is 0 Å². The maximum atomic E-state index is 12.8. The van der Waals surface area contributed by atoms with Crippen molar-refractivity contribution in [3.8, 4) is 0 Å². The van der Waals surface area contributed by atoms with Crippen molar-refractivity contribution in [2.75, 3.05) is 11.5 Å². The summed E-state index contributed by atoms with van der Waals surface area (Å²) in [7, 11) is -3.24. The standard InChI is InChI=1S/C18H27N5O3S/c1-5-7-22-9-14(13(4)21-22)18(24)20-15-10-27(25,26)11-16(15)23-8-6-19-17(23)12(2)3/h6,8-9,12,15-16H,5,7,10-11H2,1-4H3,(H,20,24)/t15-,16+/m0/s1. The quantitative estimate of drug-likeness (QED) is 0.805. The first-order valence-electron chi connectivity index (χ1n) is 9.30. The van der Waals surface area contributed by atoms with Gasteiger partial charge >= 0.3 is 0 Å². The summed E-state index contributed by atoms with van der Waals surface area (Å²) < 4.78 is 28.2. The number of aromatic nitrogens is 4. The number of carbonyl (C=O) groups excluding carboxylic acids is 1. The van der Waals surface area contributed by atoms with Gasteiger partial charge in [-0.3, -0.25) is 9.48 Å². The van der Waals surface area contributed by atoms with Crippen LogP contribution in [0.4, 0.5) is 0 Å². The average Bonchev–Trinajstić information content (AvgIpc) is 3.25. The summed E-state index contributed by atoms with van der Waals surface area (Å²) in [6.45, 7) is 8.60. The Bertz CT molecular complexity index is 929. The summed E-state index contributed by atoms with van der Waals surface area (Å²) in [5, 5.41) is 7.28. The second-order valence-electron chi connectivity index (χ2n) is 7.46. The molecule has 9 heteroatoms. The third-order valence-electron chi connectivity index (χ3n) is 4.86. The number of carbonyl (C=O) groups is 1. The Morgan fingerprint density at radius 1 is 1.37 bits per heavy atom. The Morgan fingerprint density at radius 2 is 2.11 bits per heavy atom. The number of sulfone groups is 1. The second kappa shape index (κ2) is 7.46. The molecule has 27 heavy (non-hydrogen) atoms. The summed E-state index contributed by atoms with van der Waals surface area (Å²) in [4.78, 5) is 17.2. The summed E-state index contributed by atoms with van der Waals surface area (Å²) in [6, 6.07) is -0.854.